The Morgan fingerprint density at radius 3 is 2.45 bits per heavy atom. The molecule has 29 heavy (non-hydrogen) atoms. The van der Waals surface area contributed by atoms with E-state index in [-0.39, 0.29) is 18.3 Å². The number of nitrogens with zero attached hydrogens (tertiary/aromatic N) is 1. The minimum absolute atomic E-state index is 0. The number of likely N-dealkylation sites (tertiary alicyclic amines) is 1. The molecule has 1 N–H and O–H groups in total. The molecule has 1 aliphatic rings. The lowest BCUT2D eigenvalue weighted by atomic mass is 9.82. The molecular weight excluding hydrogens is 401 g/mol. The summed E-state index contributed by atoms with van der Waals surface area (Å²) in [6.45, 7) is 3.36. The van der Waals surface area contributed by atoms with Crippen LogP contribution in [0.1, 0.15) is 46.8 Å². The highest BCUT2D eigenvalue weighted by atomic mass is 35.5. The van der Waals surface area contributed by atoms with E-state index in [1.165, 1.54) is 6.07 Å². The second kappa shape index (κ2) is 9.18. The zero-order valence-corrected chi connectivity index (χ0v) is 17.4. The second-order valence-electron chi connectivity index (χ2n) is 7.47. The van der Waals surface area contributed by atoms with Crippen molar-refractivity contribution in [1.82, 2.24) is 10.2 Å². The zero-order valence-electron chi connectivity index (χ0n) is 16.6. The standard InChI is InChI=1S/C22H25F3N2O.ClH/c1-3-16-14-18(22(23,24)25)10-11-19(16)20(28)26-21(12-7-13-27(2)15-21)17-8-5-4-6-9-17;/h4-6,8-11,14H,3,7,12-13,15H2,1-2H3,(H,26,28);1H/t21-;/m1./s1. The first kappa shape index (κ1) is 23.2. The van der Waals surface area contributed by atoms with Crippen molar-refractivity contribution in [1.29, 1.82) is 0 Å². The molecule has 0 bridgehead atoms. The number of halogens is 4. The SMILES string of the molecule is CCc1cc(C(F)(F)F)ccc1C(=O)N[C@]1(c2ccccc2)CCCN(C)C1.Cl. The third kappa shape index (κ3) is 5.11. The van der Waals surface area contributed by atoms with Gasteiger partial charge < -0.3 is 10.2 Å². The van der Waals surface area contributed by atoms with E-state index in [1.54, 1.807) is 6.92 Å². The predicted octanol–water partition coefficient (Wildman–Crippen LogP) is 5.04. The first-order valence-corrected chi connectivity index (χ1v) is 9.52. The highest BCUT2D eigenvalue weighted by Gasteiger charge is 2.38. The number of likely N-dealkylation sites (N-methyl/N-ethyl adjacent to an activating group) is 1. The number of carbonyl (C=O) groups excluding carboxylic acids is 1. The fourth-order valence-corrected chi connectivity index (χ4v) is 4.01. The molecule has 1 heterocycles. The Kier molecular flexibility index (Phi) is 7.35. The molecule has 1 atom stereocenters. The van der Waals surface area contributed by atoms with Crippen LogP contribution in [0.3, 0.4) is 0 Å². The van der Waals surface area contributed by atoms with Crippen molar-refractivity contribution >= 4 is 18.3 Å². The van der Waals surface area contributed by atoms with Gasteiger partial charge in [-0.15, -0.1) is 12.4 Å². The molecule has 2 aromatic rings. The Balaban J connectivity index is 0.00000300. The number of carbonyl (C=O) groups is 1. The number of hydrogen-bond donors (Lipinski definition) is 1. The Bertz CT molecular complexity index is 842. The van der Waals surface area contributed by atoms with E-state index in [2.05, 4.69) is 10.2 Å². The fraction of sp³-hybridized carbons (Fsp3) is 0.409. The summed E-state index contributed by atoms with van der Waals surface area (Å²) in [6, 6.07) is 13.1. The minimum atomic E-state index is -4.42. The van der Waals surface area contributed by atoms with Gasteiger partial charge in [0.15, 0.2) is 0 Å². The fourth-order valence-electron chi connectivity index (χ4n) is 4.01. The maximum atomic E-state index is 13.1. The first-order valence-electron chi connectivity index (χ1n) is 9.52. The third-order valence-electron chi connectivity index (χ3n) is 5.42. The Labute approximate surface area is 175 Å². The maximum Gasteiger partial charge on any atom is 0.416 e. The highest BCUT2D eigenvalue weighted by molar-refractivity contribution is 5.96. The number of piperidine rings is 1. The number of aryl methyl sites for hydroxylation is 1. The zero-order chi connectivity index (χ0) is 20.4. The molecule has 7 heteroatoms. The molecule has 158 valence electrons. The van der Waals surface area contributed by atoms with Gasteiger partial charge in [-0.05, 0) is 62.2 Å². The van der Waals surface area contributed by atoms with Crippen molar-refractivity contribution in [2.75, 3.05) is 20.1 Å². The van der Waals surface area contributed by atoms with Crippen LogP contribution < -0.4 is 5.32 Å². The van der Waals surface area contributed by atoms with Crippen LogP contribution in [0.4, 0.5) is 13.2 Å². The number of amides is 1. The summed E-state index contributed by atoms with van der Waals surface area (Å²) in [7, 11) is 2.01. The van der Waals surface area contributed by atoms with Crippen LogP contribution in [-0.2, 0) is 18.1 Å². The molecule has 1 saturated heterocycles. The number of benzene rings is 2. The first-order chi connectivity index (χ1) is 13.2. The highest BCUT2D eigenvalue weighted by Crippen LogP contribution is 2.33. The summed E-state index contributed by atoms with van der Waals surface area (Å²) in [5, 5.41) is 3.17. The van der Waals surface area contributed by atoms with Gasteiger partial charge in [0, 0.05) is 12.1 Å². The predicted molar refractivity (Wildman–Crippen MR) is 110 cm³/mol. The molecule has 0 aliphatic carbocycles. The lowest BCUT2D eigenvalue weighted by molar-refractivity contribution is -0.137. The van der Waals surface area contributed by atoms with Gasteiger partial charge in [0.25, 0.3) is 5.91 Å². The van der Waals surface area contributed by atoms with Crippen molar-refractivity contribution in [3.05, 3.63) is 70.8 Å². The van der Waals surface area contributed by atoms with Crippen LogP contribution in [0.15, 0.2) is 48.5 Å². The largest absolute Gasteiger partial charge is 0.416 e. The normalized spacial score (nSPS) is 20.0. The summed E-state index contributed by atoms with van der Waals surface area (Å²) >= 11 is 0. The van der Waals surface area contributed by atoms with Crippen LogP contribution in [0.25, 0.3) is 0 Å². The molecule has 1 fully saturated rings. The van der Waals surface area contributed by atoms with Gasteiger partial charge in [0.2, 0.25) is 0 Å². The number of rotatable bonds is 4. The van der Waals surface area contributed by atoms with Gasteiger partial charge >= 0.3 is 6.18 Å². The monoisotopic (exact) mass is 426 g/mol. The molecule has 1 amide bonds. The number of alkyl halides is 3. The Hall–Kier alpha value is -2.05. The van der Waals surface area contributed by atoms with Crippen LogP contribution >= 0.6 is 12.4 Å². The van der Waals surface area contributed by atoms with Crippen molar-refractivity contribution < 1.29 is 18.0 Å². The molecule has 0 radical (unpaired) electrons. The van der Waals surface area contributed by atoms with Crippen molar-refractivity contribution in [3.63, 3.8) is 0 Å². The lowest BCUT2D eigenvalue weighted by Crippen LogP contribution is -2.55. The molecule has 0 saturated carbocycles. The van der Waals surface area contributed by atoms with Gasteiger partial charge in [0.05, 0.1) is 11.1 Å². The number of hydrogen-bond acceptors (Lipinski definition) is 2. The Morgan fingerprint density at radius 1 is 1.17 bits per heavy atom. The van der Waals surface area contributed by atoms with Crippen LogP contribution in [0.5, 0.6) is 0 Å². The minimum Gasteiger partial charge on any atom is -0.341 e. The average Bonchev–Trinajstić information content (AvgIpc) is 2.67. The summed E-state index contributed by atoms with van der Waals surface area (Å²) in [4.78, 5) is 15.3. The average molecular weight is 427 g/mol. The molecule has 2 aromatic carbocycles. The van der Waals surface area contributed by atoms with Gasteiger partial charge in [-0.1, -0.05) is 37.3 Å². The lowest BCUT2D eigenvalue weighted by Gasteiger charge is -2.42. The van der Waals surface area contributed by atoms with E-state index in [1.807, 2.05) is 37.4 Å². The van der Waals surface area contributed by atoms with E-state index >= 15 is 0 Å². The van der Waals surface area contributed by atoms with E-state index in [9.17, 15) is 18.0 Å². The van der Waals surface area contributed by atoms with Crippen LogP contribution in [-0.4, -0.2) is 30.9 Å². The smallest absolute Gasteiger partial charge is 0.341 e. The molecule has 3 rings (SSSR count). The topological polar surface area (TPSA) is 32.3 Å². The van der Waals surface area contributed by atoms with Crippen molar-refractivity contribution in [2.24, 2.45) is 0 Å². The van der Waals surface area contributed by atoms with Gasteiger partial charge in [-0.2, -0.15) is 13.2 Å². The van der Waals surface area contributed by atoms with Gasteiger partial charge in [0.1, 0.15) is 0 Å². The van der Waals surface area contributed by atoms with E-state index in [4.69, 9.17) is 0 Å². The maximum absolute atomic E-state index is 13.1. The molecule has 0 aromatic heterocycles. The van der Waals surface area contributed by atoms with E-state index in [0.29, 0.717) is 24.1 Å². The molecule has 0 spiro atoms. The Morgan fingerprint density at radius 2 is 1.86 bits per heavy atom. The molecule has 1 aliphatic heterocycles. The summed E-state index contributed by atoms with van der Waals surface area (Å²) in [6.07, 6.45) is -2.35. The van der Waals surface area contributed by atoms with Gasteiger partial charge in [-0.3, -0.25) is 4.79 Å². The summed E-state index contributed by atoms with van der Waals surface area (Å²) < 4.78 is 39.1. The van der Waals surface area contributed by atoms with Gasteiger partial charge in [-0.25, -0.2) is 0 Å². The van der Waals surface area contributed by atoms with Crippen molar-refractivity contribution in [2.45, 2.75) is 37.9 Å². The number of nitrogens with one attached hydrogen (secondary N) is 1. The molecule has 3 nitrogen and oxygen atoms in total. The third-order valence-corrected chi connectivity index (χ3v) is 5.42. The van der Waals surface area contributed by atoms with Crippen LogP contribution in [0, 0.1) is 0 Å². The van der Waals surface area contributed by atoms with E-state index in [0.717, 1.165) is 37.1 Å². The van der Waals surface area contributed by atoms with Crippen molar-refractivity contribution in [3.8, 4) is 0 Å². The van der Waals surface area contributed by atoms with E-state index < -0.39 is 17.3 Å². The molecular formula is C22H26ClF3N2O. The molecule has 0 unspecified atom stereocenters. The summed E-state index contributed by atoms with van der Waals surface area (Å²) in [5.74, 6) is -0.329. The quantitative estimate of drug-likeness (QED) is 0.742. The van der Waals surface area contributed by atoms with Crippen LogP contribution in [0.2, 0.25) is 0 Å². The second-order valence-corrected chi connectivity index (χ2v) is 7.47. The summed E-state index contributed by atoms with van der Waals surface area (Å²) in [5.41, 5.74) is 0.439.